The summed E-state index contributed by atoms with van der Waals surface area (Å²) in [5.74, 6) is 0. The van der Waals surface area contributed by atoms with Gasteiger partial charge in [0.05, 0.1) is 36.0 Å². The third kappa shape index (κ3) is 4.77. The van der Waals surface area contributed by atoms with E-state index in [9.17, 15) is 10.4 Å². The molecule has 32 heavy (non-hydrogen) atoms. The molecule has 0 radical (unpaired) electrons. The van der Waals surface area contributed by atoms with Gasteiger partial charge in [0.25, 0.3) is 0 Å². The van der Waals surface area contributed by atoms with E-state index in [0.29, 0.717) is 19.6 Å². The standard InChI is InChI=1S/C23H32N6O2Si/c1-32(2,3)13-12-31-17-28-11-7-19-21(25-16-26-22(19)28)18-14-27-29(15-18)20(6-10-24)23(30)8-4-5-9-23/h7,11,14-16,20,30H,4-6,8-9,12-13,17H2,1-3H3. The Morgan fingerprint density at radius 3 is 2.78 bits per heavy atom. The Labute approximate surface area is 189 Å². The quantitative estimate of drug-likeness (QED) is 0.382. The predicted octanol–water partition coefficient (Wildman–Crippen LogP) is 4.37. The van der Waals surface area contributed by atoms with Crippen molar-refractivity contribution in [2.75, 3.05) is 6.61 Å². The Bertz CT molecular complexity index is 1100. The van der Waals surface area contributed by atoms with Crippen LogP contribution in [0.1, 0.15) is 38.1 Å². The minimum atomic E-state index is -1.12. The first kappa shape index (κ1) is 22.6. The molecule has 0 spiro atoms. The van der Waals surface area contributed by atoms with Crippen molar-refractivity contribution in [3.8, 4) is 17.3 Å². The number of hydrogen-bond acceptors (Lipinski definition) is 6. The zero-order valence-electron chi connectivity index (χ0n) is 19.2. The van der Waals surface area contributed by atoms with E-state index in [1.807, 2.05) is 23.0 Å². The highest BCUT2D eigenvalue weighted by Crippen LogP contribution is 2.40. The lowest BCUT2D eigenvalue weighted by Gasteiger charge is -2.31. The highest BCUT2D eigenvalue weighted by atomic mass is 28.3. The number of aliphatic hydroxyl groups is 1. The Kier molecular flexibility index (Phi) is 6.47. The summed E-state index contributed by atoms with van der Waals surface area (Å²) in [5, 5.41) is 25.9. The number of fused-ring (bicyclic) bond motifs is 1. The molecular weight excluding hydrogens is 420 g/mol. The minimum absolute atomic E-state index is 0.224. The first-order chi connectivity index (χ1) is 15.3. The van der Waals surface area contributed by atoms with Gasteiger partial charge < -0.3 is 14.4 Å². The van der Waals surface area contributed by atoms with Crippen LogP contribution in [0.5, 0.6) is 0 Å². The van der Waals surface area contributed by atoms with Crippen LogP contribution in [0.2, 0.25) is 25.7 Å². The SMILES string of the molecule is C[Si](C)(C)CCOCn1ccc2c(-c3cnn(C(CC#N)C4(O)CCCC4)c3)ncnc21. The van der Waals surface area contributed by atoms with Crippen molar-refractivity contribution in [2.24, 2.45) is 0 Å². The fourth-order valence-corrected chi connectivity index (χ4v) is 5.20. The van der Waals surface area contributed by atoms with Gasteiger partial charge in [0, 0.05) is 38.0 Å². The van der Waals surface area contributed by atoms with Gasteiger partial charge in [-0.3, -0.25) is 4.68 Å². The molecule has 0 aliphatic heterocycles. The van der Waals surface area contributed by atoms with Gasteiger partial charge in [0.15, 0.2) is 0 Å². The van der Waals surface area contributed by atoms with Crippen LogP contribution in [-0.4, -0.2) is 49.7 Å². The maximum absolute atomic E-state index is 11.1. The number of rotatable bonds is 9. The van der Waals surface area contributed by atoms with Crippen LogP contribution in [0.4, 0.5) is 0 Å². The van der Waals surface area contributed by atoms with Gasteiger partial charge in [-0.05, 0) is 25.0 Å². The van der Waals surface area contributed by atoms with E-state index >= 15 is 0 Å². The summed E-state index contributed by atoms with van der Waals surface area (Å²) >= 11 is 0. The van der Waals surface area contributed by atoms with E-state index in [-0.39, 0.29) is 12.5 Å². The lowest BCUT2D eigenvalue weighted by atomic mass is 9.90. The molecule has 3 heterocycles. The van der Waals surface area contributed by atoms with Crippen LogP contribution >= 0.6 is 0 Å². The van der Waals surface area contributed by atoms with E-state index < -0.39 is 13.7 Å². The maximum Gasteiger partial charge on any atom is 0.145 e. The summed E-state index contributed by atoms with van der Waals surface area (Å²) < 4.78 is 9.64. The molecule has 1 unspecified atom stereocenters. The second-order valence-electron chi connectivity index (χ2n) is 9.99. The van der Waals surface area contributed by atoms with Crippen LogP contribution in [0.15, 0.2) is 31.0 Å². The lowest BCUT2D eigenvalue weighted by Crippen LogP contribution is -2.36. The van der Waals surface area contributed by atoms with Crippen LogP contribution in [-0.2, 0) is 11.5 Å². The smallest absolute Gasteiger partial charge is 0.145 e. The molecule has 1 aliphatic rings. The molecule has 0 bridgehead atoms. The van der Waals surface area contributed by atoms with Gasteiger partial charge in [-0.25, -0.2) is 9.97 Å². The highest BCUT2D eigenvalue weighted by Gasteiger charge is 2.41. The molecule has 3 aromatic rings. The van der Waals surface area contributed by atoms with E-state index in [4.69, 9.17) is 4.74 Å². The van der Waals surface area contributed by atoms with E-state index in [2.05, 4.69) is 40.8 Å². The van der Waals surface area contributed by atoms with Gasteiger partial charge in [0.1, 0.15) is 18.7 Å². The number of ether oxygens (including phenoxy) is 1. The predicted molar refractivity (Wildman–Crippen MR) is 126 cm³/mol. The first-order valence-electron chi connectivity index (χ1n) is 11.3. The number of nitriles is 1. The molecule has 170 valence electrons. The molecule has 3 aromatic heterocycles. The van der Waals surface area contributed by atoms with Gasteiger partial charge >= 0.3 is 0 Å². The molecule has 0 aromatic carbocycles. The van der Waals surface area contributed by atoms with Crippen LogP contribution in [0.25, 0.3) is 22.3 Å². The fraction of sp³-hybridized carbons (Fsp3) is 0.565. The van der Waals surface area contributed by atoms with Crippen molar-refractivity contribution < 1.29 is 9.84 Å². The minimum Gasteiger partial charge on any atom is -0.388 e. The van der Waals surface area contributed by atoms with Crippen molar-refractivity contribution in [1.29, 1.82) is 5.26 Å². The molecule has 0 saturated heterocycles. The Morgan fingerprint density at radius 1 is 1.28 bits per heavy atom. The molecule has 1 N–H and O–H groups in total. The third-order valence-electron chi connectivity index (χ3n) is 6.35. The summed E-state index contributed by atoms with van der Waals surface area (Å²) in [6.07, 6.45) is 10.8. The summed E-state index contributed by atoms with van der Waals surface area (Å²) in [6, 6.07) is 4.99. The summed E-state index contributed by atoms with van der Waals surface area (Å²) in [5.41, 5.74) is 1.57. The van der Waals surface area contributed by atoms with Crippen molar-refractivity contribution in [2.45, 2.75) is 76.2 Å². The lowest BCUT2D eigenvalue weighted by molar-refractivity contribution is -0.00902. The summed E-state index contributed by atoms with van der Waals surface area (Å²) in [4.78, 5) is 8.98. The number of nitrogens with zero attached hydrogens (tertiary/aromatic N) is 6. The van der Waals surface area contributed by atoms with Crippen molar-refractivity contribution in [3.05, 3.63) is 31.0 Å². The van der Waals surface area contributed by atoms with Gasteiger partial charge in [0.2, 0.25) is 0 Å². The molecule has 1 aliphatic carbocycles. The Balaban J connectivity index is 1.56. The second-order valence-corrected chi connectivity index (χ2v) is 15.6. The van der Waals surface area contributed by atoms with Crippen LogP contribution < -0.4 is 0 Å². The molecule has 9 heteroatoms. The molecular formula is C23H32N6O2Si. The number of hydrogen-bond donors (Lipinski definition) is 1. The van der Waals surface area contributed by atoms with Crippen molar-refractivity contribution in [1.82, 2.24) is 24.3 Å². The molecule has 1 atom stereocenters. The van der Waals surface area contributed by atoms with Crippen LogP contribution in [0, 0.1) is 11.3 Å². The van der Waals surface area contributed by atoms with Crippen molar-refractivity contribution >= 4 is 19.1 Å². The Morgan fingerprint density at radius 2 is 2.06 bits per heavy atom. The zero-order valence-corrected chi connectivity index (χ0v) is 20.2. The molecule has 8 nitrogen and oxygen atoms in total. The average Bonchev–Trinajstić information content (AvgIpc) is 3.49. The van der Waals surface area contributed by atoms with Gasteiger partial charge in [-0.1, -0.05) is 32.5 Å². The van der Waals surface area contributed by atoms with Gasteiger partial charge in [-0.15, -0.1) is 0 Å². The third-order valence-corrected chi connectivity index (χ3v) is 8.06. The van der Waals surface area contributed by atoms with E-state index in [0.717, 1.165) is 47.8 Å². The van der Waals surface area contributed by atoms with Gasteiger partial charge in [-0.2, -0.15) is 10.4 Å². The highest BCUT2D eigenvalue weighted by molar-refractivity contribution is 6.76. The normalized spacial score (nSPS) is 17.0. The molecule has 0 amide bonds. The molecule has 4 rings (SSSR count). The second kappa shape index (κ2) is 9.14. The summed E-state index contributed by atoms with van der Waals surface area (Å²) in [6.45, 7) is 8.24. The zero-order chi connectivity index (χ0) is 22.8. The maximum atomic E-state index is 11.1. The topological polar surface area (TPSA) is 102 Å². The van der Waals surface area contributed by atoms with E-state index in [1.165, 1.54) is 0 Å². The average molecular weight is 453 g/mol. The monoisotopic (exact) mass is 452 g/mol. The fourth-order valence-electron chi connectivity index (χ4n) is 4.45. The van der Waals surface area contributed by atoms with E-state index in [1.54, 1.807) is 17.2 Å². The largest absolute Gasteiger partial charge is 0.388 e. The number of aromatic nitrogens is 5. The summed E-state index contributed by atoms with van der Waals surface area (Å²) in [7, 11) is -1.12. The van der Waals surface area contributed by atoms with Crippen molar-refractivity contribution in [3.63, 3.8) is 0 Å². The first-order valence-corrected chi connectivity index (χ1v) is 15.0. The molecule has 1 fully saturated rings. The molecule has 1 saturated carbocycles. The van der Waals surface area contributed by atoms with Crippen LogP contribution in [0.3, 0.4) is 0 Å². The Hall–Kier alpha value is -2.54.